The van der Waals surface area contributed by atoms with Crippen LogP contribution in [0.3, 0.4) is 0 Å². The summed E-state index contributed by atoms with van der Waals surface area (Å²) in [5.41, 5.74) is 7.48. The smallest absolute Gasteiger partial charge is 0.0856 e. The van der Waals surface area contributed by atoms with Gasteiger partial charge in [-0.25, -0.2) is 0 Å². The van der Waals surface area contributed by atoms with E-state index in [9.17, 15) is 0 Å². The highest BCUT2D eigenvalue weighted by atomic mass is 79.9. The van der Waals surface area contributed by atoms with Crippen LogP contribution in [0.5, 0.6) is 0 Å². The maximum Gasteiger partial charge on any atom is 0.0856 e. The molecule has 0 radical (unpaired) electrons. The van der Waals surface area contributed by atoms with Gasteiger partial charge in [0.25, 0.3) is 0 Å². The lowest BCUT2D eigenvalue weighted by molar-refractivity contribution is -0.0589. The zero-order chi connectivity index (χ0) is 13.2. The van der Waals surface area contributed by atoms with Crippen molar-refractivity contribution in [3.63, 3.8) is 0 Å². The number of aromatic nitrogens is 1. The Balaban J connectivity index is 1.59. The molecular formula is C14H20BrN3O. The Hall–Kier alpha value is -0.490. The Labute approximate surface area is 122 Å². The van der Waals surface area contributed by atoms with Gasteiger partial charge in [0.1, 0.15) is 0 Å². The Bertz CT molecular complexity index is 442. The minimum absolute atomic E-state index is 0.0395. The summed E-state index contributed by atoms with van der Waals surface area (Å²) < 4.78 is 6.96. The summed E-state index contributed by atoms with van der Waals surface area (Å²) in [6.07, 6.45) is 7.21. The van der Waals surface area contributed by atoms with Gasteiger partial charge < -0.3 is 10.5 Å². The average molecular weight is 326 g/mol. The van der Waals surface area contributed by atoms with Gasteiger partial charge in [-0.05, 0) is 53.4 Å². The van der Waals surface area contributed by atoms with E-state index in [1.807, 2.05) is 6.20 Å². The van der Waals surface area contributed by atoms with Gasteiger partial charge in [0.2, 0.25) is 0 Å². The first-order chi connectivity index (χ1) is 9.22. The number of morpholine rings is 1. The zero-order valence-electron chi connectivity index (χ0n) is 11.0. The lowest BCUT2D eigenvalue weighted by Crippen LogP contribution is -2.53. The number of ether oxygens (including phenoxy) is 1. The lowest BCUT2D eigenvalue weighted by atomic mass is 10.0. The second-order valence-corrected chi connectivity index (χ2v) is 6.46. The first-order valence-electron chi connectivity index (χ1n) is 6.93. The standard InChI is InChI=1S/C14H20BrN3O/c15-11-4-10(6-17-7-11)5-13(16)14-8-18-3-1-2-12(18)9-19-14/h4,6-7,12-14H,1-3,5,8-9,16H2. The number of hydrogen-bond acceptors (Lipinski definition) is 4. The van der Waals surface area contributed by atoms with Crippen LogP contribution in [0, 0.1) is 0 Å². The summed E-state index contributed by atoms with van der Waals surface area (Å²) in [6, 6.07) is 2.75. The third kappa shape index (κ3) is 3.16. The van der Waals surface area contributed by atoms with Crippen LogP contribution in [-0.4, -0.2) is 47.8 Å². The Kier molecular flexibility index (Phi) is 4.17. The van der Waals surface area contributed by atoms with Crippen molar-refractivity contribution < 1.29 is 4.74 Å². The third-order valence-corrected chi connectivity index (χ3v) is 4.56. The Morgan fingerprint density at radius 1 is 1.53 bits per heavy atom. The molecule has 2 aliphatic heterocycles. The van der Waals surface area contributed by atoms with Crippen molar-refractivity contribution in [1.29, 1.82) is 0 Å². The SMILES string of the molecule is NC(Cc1cncc(Br)c1)C1CN2CCCC2CO1. The van der Waals surface area contributed by atoms with E-state index < -0.39 is 0 Å². The summed E-state index contributed by atoms with van der Waals surface area (Å²) in [5, 5.41) is 0. The van der Waals surface area contributed by atoms with Crippen LogP contribution in [0.25, 0.3) is 0 Å². The number of nitrogens with zero attached hydrogens (tertiary/aromatic N) is 2. The molecule has 4 nitrogen and oxygen atoms in total. The van der Waals surface area contributed by atoms with Gasteiger partial charge in [0.15, 0.2) is 0 Å². The van der Waals surface area contributed by atoms with Crippen molar-refractivity contribution in [1.82, 2.24) is 9.88 Å². The fourth-order valence-electron chi connectivity index (χ4n) is 3.07. The van der Waals surface area contributed by atoms with Gasteiger partial charge in [0, 0.05) is 35.5 Å². The van der Waals surface area contributed by atoms with Crippen LogP contribution in [0.15, 0.2) is 22.9 Å². The molecule has 0 spiro atoms. The first kappa shape index (κ1) is 13.5. The Morgan fingerprint density at radius 3 is 3.26 bits per heavy atom. The third-order valence-electron chi connectivity index (χ3n) is 4.13. The maximum atomic E-state index is 6.32. The van der Waals surface area contributed by atoms with E-state index in [4.69, 9.17) is 10.5 Å². The molecule has 3 rings (SSSR count). The molecule has 2 aliphatic rings. The van der Waals surface area contributed by atoms with E-state index in [0.717, 1.165) is 29.6 Å². The van der Waals surface area contributed by atoms with Gasteiger partial charge in [0.05, 0.1) is 12.7 Å². The minimum Gasteiger partial charge on any atom is -0.374 e. The number of hydrogen-bond donors (Lipinski definition) is 1. The summed E-state index contributed by atoms with van der Waals surface area (Å²) in [5.74, 6) is 0. The van der Waals surface area contributed by atoms with Crippen LogP contribution >= 0.6 is 15.9 Å². The summed E-state index contributed by atoms with van der Waals surface area (Å²) in [7, 11) is 0. The highest BCUT2D eigenvalue weighted by Gasteiger charge is 2.34. The molecule has 2 N–H and O–H groups in total. The van der Waals surface area contributed by atoms with E-state index in [1.165, 1.54) is 19.4 Å². The van der Waals surface area contributed by atoms with E-state index in [-0.39, 0.29) is 12.1 Å². The predicted molar refractivity (Wildman–Crippen MR) is 78.0 cm³/mol. The molecule has 2 saturated heterocycles. The van der Waals surface area contributed by atoms with Gasteiger partial charge in [-0.3, -0.25) is 9.88 Å². The summed E-state index contributed by atoms with van der Waals surface area (Å²) in [6.45, 7) is 3.03. The largest absolute Gasteiger partial charge is 0.374 e. The molecule has 0 amide bonds. The van der Waals surface area contributed by atoms with E-state index >= 15 is 0 Å². The van der Waals surface area contributed by atoms with E-state index in [2.05, 4.69) is 31.9 Å². The fraction of sp³-hybridized carbons (Fsp3) is 0.643. The normalized spacial score (nSPS) is 29.2. The molecule has 0 saturated carbocycles. The maximum absolute atomic E-state index is 6.32. The molecule has 19 heavy (non-hydrogen) atoms. The number of rotatable bonds is 3. The number of fused-ring (bicyclic) bond motifs is 1. The highest BCUT2D eigenvalue weighted by molar-refractivity contribution is 9.10. The van der Waals surface area contributed by atoms with E-state index in [0.29, 0.717) is 6.04 Å². The lowest BCUT2D eigenvalue weighted by Gasteiger charge is -2.37. The molecule has 0 aromatic carbocycles. The van der Waals surface area contributed by atoms with Crippen molar-refractivity contribution in [3.8, 4) is 0 Å². The Morgan fingerprint density at radius 2 is 2.42 bits per heavy atom. The van der Waals surface area contributed by atoms with Crippen molar-refractivity contribution in [2.24, 2.45) is 5.73 Å². The molecule has 3 atom stereocenters. The van der Waals surface area contributed by atoms with Crippen molar-refractivity contribution in [2.75, 3.05) is 19.7 Å². The first-order valence-corrected chi connectivity index (χ1v) is 7.72. The van der Waals surface area contributed by atoms with Crippen LogP contribution in [0.1, 0.15) is 18.4 Å². The number of nitrogens with two attached hydrogens (primary N) is 1. The summed E-state index contributed by atoms with van der Waals surface area (Å²) in [4.78, 5) is 6.72. The molecule has 1 aromatic heterocycles. The van der Waals surface area contributed by atoms with Gasteiger partial charge in [-0.1, -0.05) is 0 Å². The summed E-state index contributed by atoms with van der Waals surface area (Å²) >= 11 is 3.44. The number of halogens is 1. The second kappa shape index (κ2) is 5.87. The zero-order valence-corrected chi connectivity index (χ0v) is 12.6. The van der Waals surface area contributed by atoms with Crippen molar-refractivity contribution in [3.05, 3.63) is 28.5 Å². The van der Waals surface area contributed by atoms with E-state index in [1.54, 1.807) is 6.20 Å². The monoisotopic (exact) mass is 325 g/mol. The van der Waals surface area contributed by atoms with Gasteiger partial charge >= 0.3 is 0 Å². The topological polar surface area (TPSA) is 51.4 Å². The molecule has 5 heteroatoms. The minimum atomic E-state index is 0.0395. The fourth-order valence-corrected chi connectivity index (χ4v) is 3.49. The molecular weight excluding hydrogens is 306 g/mol. The molecule has 3 unspecified atom stereocenters. The van der Waals surface area contributed by atoms with Gasteiger partial charge in [-0.15, -0.1) is 0 Å². The van der Waals surface area contributed by atoms with Crippen LogP contribution in [-0.2, 0) is 11.2 Å². The molecule has 3 heterocycles. The van der Waals surface area contributed by atoms with Crippen LogP contribution in [0.4, 0.5) is 0 Å². The van der Waals surface area contributed by atoms with Crippen molar-refractivity contribution in [2.45, 2.75) is 37.5 Å². The predicted octanol–water partition coefficient (Wildman–Crippen LogP) is 1.58. The van der Waals surface area contributed by atoms with Gasteiger partial charge in [-0.2, -0.15) is 0 Å². The quantitative estimate of drug-likeness (QED) is 0.916. The van der Waals surface area contributed by atoms with Crippen molar-refractivity contribution >= 4 is 15.9 Å². The number of pyridine rings is 1. The molecule has 2 fully saturated rings. The second-order valence-electron chi connectivity index (χ2n) is 5.54. The molecule has 104 valence electrons. The van der Waals surface area contributed by atoms with Crippen LogP contribution in [0.2, 0.25) is 0 Å². The average Bonchev–Trinajstić information content (AvgIpc) is 2.85. The highest BCUT2D eigenvalue weighted by Crippen LogP contribution is 2.24. The molecule has 0 aliphatic carbocycles. The molecule has 1 aromatic rings. The molecule has 0 bridgehead atoms. The van der Waals surface area contributed by atoms with Crippen LogP contribution < -0.4 is 5.73 Å².